The van der Waals surface area contributed by atoms with Crippen molar-refractivity contribution in [3.05, 3.63) is 29.8 Å². The number of amides is 2. The average Bonchev–Trinajstić information content (AvgIpc) is 2.47. The first-order chi connectivity index (χ1) is 10.4. The molecule has 0 spiro atoms. The van der Waals surface area contributed by atoms with Gasteiger partial charge in [0.25, 0.3) is 0 Å². The predicted molar refractivity (Wildman–Crippen MR) is 78.4 cm³/mol. The number of hydrogen-bond donors (Lipinski definition) is 2. The number of nitrogens with two attached hydrogens (primary N) is 1. The highest BCUT2D eigenvalue weighted by Crippen LogP contribution is 2.34. The van der Waals surface area contributed by atoms with E-state index in [9.17, 15) is 18.0 Å². The SMILES string of the molecule is NCCC1CCCN(C(=O)Nc2ccccc2C(F)(F)F)C1. The number of nitrogens with one attached hydrogen (secondary N) is 1. The molecule has 22 heavy (non-hydrogen) atoms. The molecule has 1 aliphatic rings. The van der Waals surface area contributed by atoms with Crippen molar-refractivity contribution in [2.45, 2.75) is 25.4 Å². The predicted octanol–water partition coefficient (Wildman–Crippen LogP) is 3.30. The number of para-hydroxylation sites is 1. The maximum Gasteiger partial charge on any atom is 0.418 e. The van der Waals surface area contributed by atoms with E-state index in [1.165, 1.54) is 18.2 Å². The van der Waals surface area contributed by atoms with Crippen molar-refractivity contribution in [1.82, 2.24) is 4.90 Å². The van der Waals surface area contributed by atoms with Crippen LogP contribution in [0.2, 0.25) is 0 Å². The number of benzene rings is 1. The van der Waals surface area contributed by atoms with Gasteiger partial charge in [-0.3, -0.25) is 0 Å². The fraction of sp³-hybridized carbons (Fsp3) is 0.533. The van der Waals surface area contributed by atoms with Crippen molar-refractivity contribution in [1.29, 1.82) is 0 Å². The lowest BCUT2D eigenvalue weighted by atomic mass is 9.95. The van der Waals surface area contributed by atoms with Crippen molar-refractivity contribution in [2.24, 2.45) is 11.7 Å². The molecule has 1 aromatic rings. The van der Waals surface area contributed by atoms with E-state index in [1.54, 1.807) is 4.90 Å². The van der Waals surface area contributed by atoms with E-state index in [0.717, 1.165) is 25.3 Å². The summed E-state index contributed by atoms with van der Waals surface area (Å²) in [6.07, 6.45) is -1.82. The van der Waals surface area contributed by atoms with Gasteiger partial charge in [-0.05, 0) is 43.9 Å². The van der Waals surface area contributed by atoms with Gasteiger partial charge < -0.3 is 16.0 Å². The summed E-state index contributed by atoms with van der Waals surface area (Å²) in [5.74, 6) is 0.322. The number of piperidine rings is 1. The molecule has 0 saturated carbocycles. The maximum absolute atomic E-state index is 12.9. The van der Waals surface area contributed by atoms with Crippen LogP contribution >= 0.6 is 0 Å². The lowest BCUT2D eigenvalue weighted by molar-refractivity contribution is -0.136. The number of carbonyl (C=O) groups excluding carboxylic acids is 1. The number of nitrogens with zero attached hydrogens (tertiary/aromatic N) is 1. The Morgan fingerprint density at radius 2 is 2.09 bits per heavy atom. The minimum Gasteiger partial charge on any atom is -0.330 e. The molecule has 1 heterocycles. The smallest absolute Gasteiger partial charge is 0.330 e. The maximum atomic E-state index is 12.9. The van der Waals surface area contributed by atoms with Crippen molar-refractivity contribution < 1.29 is 18.0 Å². The van der Waals surface area contributed by atoms with Gasteiger partial charge in [-0.25, -0.2) is 4.79 Å². The van der Waals surface area contributed by atoms with Gasteiger partial charge in [-0.2, -0.15) is 13.2 Å². The minimum absolute atomic E-state index is 0.207. The Morgan fingerprint density at radius 3 is 2.77 bits per heavy atom. The molecule has 2 amide bonds. The van der Waals surface area contributed by atoms with E-state index in [0.29, 0.717) is 25.6 Å². The topological polar surface area (TPSA) is 58.4 Å². The lowest BCUT2D eigenvalue weighted by Gasteiger charge is -2.32. The lowest BCUT2D eigenvalue weighted by Crippen LogP contribution is -2.43. The summed E-state index contributed by atoms with van der Waals surface area (Å²) >= 11 is 0. The number of anilines is 1. The largest absolute Gasteiger partial charge is 0.418 e. The van der Waals surface area contributed by atoms with E-state index >= 15 is 0 Å². The van der Waals surface area contributed by atoms with E-state index in [1.807, 2.05) is 0 Å². The first-order valence-corrected chi connectivity index (χ1v) is 7.34. The number of alkyl halides is 3. The number of hydrogen-bond acceptors (Lipinski definition) is 2. The zero-order chi connectivity index (χ0) is 16.2. The van der Waals surface area contributed by atoms with E-state index in [-0.39, 0.29) is 5.69 Å². The normalized spacial score (nSPS) is 19.1. The number of rotatable bonds is 3. The molecular weight excluding hydrogens is 295 g/mol. The quantitative estimate of drug-likeness (QED) is 0.899. The van der Waals surface area contributed by atoms with Crippen LogP contribution in [0, 0.1) is 5.92 Å². The monoisotopic (exact) mass is 315 g/mol. The second-order valence-electron chi connectivity index (χ2n) is 5.51. The van der Waals surface area contributed by atoms with Crippen LogP contribution in [-0.4, -0.2) is 30.6 Å². The third kappa shape index (κ3) is 4.13. The highest BCUT2D eigenvalue weighted by Gasteiger charge is 2.34. The first-order valence-electron chi connectivity index (χ1n) is 7.34. The summed E-state index contributed by atoms with van der Waals surface area (Å²) in [6.45, 7) is 1.65. The molecule has 0 aromatic heterocycles. The first kappa shape index (κ1) is 16.6. The highest BCUT2D eigenvalue weighted by molar-refractivity contribution is 5.90. The van der Waals surface area contributed by atoms with Crippen molar-refractivity contribution in [3.8, 4) is 0 Å². The van der Waals surface area contributed by atoms with Gasteiger partial charge in [0, 0.05) is 13.1 Å². The van der Waals surface area contributed by atoms with Gasteiger partial charge in [0.1, 0.15) is 0 Å². The average molecular weight is 315 g/mol. The molecule has 1 aliphatic heterocycles. The highest BCUT2D eigenvalue weighted by atomic mass is 19.4. The number of carbonyl (C=O) groups is 1. The molecular formula is C15H20F3N3O. The second kappa shape index (κ2) is 7.00. The van der Waals surface area contributed by atoms with Gasteiger partial charge >= 0.3 is 12.2 Å². The zero-order valence-electron chi connectivity index (χ0n) is 12.2. The van der Waals surface area contributed by atoms with Crippen molar-refractivity contribution in [2.75, 3.05) is 25.0 Å². The summed E-state index contributed by atoms with van der Waals surface area (Å²) in [6, 6.07) is 4.51. The molecule has 1 atom stereocenters. The number of likely N-dealkylation sites (tertiary alicyclic amines) is 1. The molecule has 1 unspecified atom stereocenters. The second-order valence-corrected chi connectivity index (χ2v) is 5.51. The van der Waals surface area contributed by atoms with Crippen LogP contribution in [0.25, 0.3) is 0 Å². The Kier molecular flexibility index (Phi) is 5.28. The molecule has 0 bridgehead atoms. The Bertz CT molecular complexity index is 517. The molecule has 0 radical (unpaired) electrons. The van der Waals surface area contributed by atoms with Crippen LogP contribution in [-0.2, 0) is 6.18 Å². The van der Waals surface area contributed by atoms with Gasteiger partial charge in [-0.15, -0.1) is 0 Å². The number of urea groups is 1. The molecule has 0 aliphatic carbocycles. The Labute approximate surface area is 127 Å². The Hall–Kier alpha value is -1.76. The van der Waals surface area contributed by atoms with E-state index in [4.69, 9.17) is 5.73 Å². The van der Waals surface area contributed by atoms with E-state index < -0.39 is 17.8 Å². The van der Waals surface area contributed by atoms with Gasteiger partial charge in [0.15, 0.2) is 0 Å². The van der Waals surface area contributed by atoms with Crippen LogP contribution < -0.4 is 11.1 Å². The van der Waals surface area contributed by atoms with Gasteiger partial charge in [0.2, 0.25) is 0 Å². The Balaban J connectivity index is 2.06. The van der Waals surface area contributed by atoms with Crippen LogP contribution in [0.4, 0.5) is 23.7 Å². The molecule has 122 valence electrons. The van der Waals surface area contributed by atoms with Crippen LogP contribution in [0.1, 0.15) is 24.8 Å². The summed E-state index contributed by atoms with van der Waals surface area (Å²) in [7, 11) is 0. The molecule has 1 saturated heterocycles. The fourth-order valence-electron chi connectivity index (χ4n) is 2.75. The van der Waals surface area contributed by atoms with Crippen LogP contribution in [0.15, 0.2) is 24.3 Å². The summed E-state index contributed by atoms with van der Waals surface area (Å²) in [4.78, 5) is 13.8. The summed E-state index contributed by atoms with van der Waals surface area (Å²) < 4.78 is 38.8. The van der Waals surface area contributed by atoms with Crippen molar-refractivity contribution >= 4 is 11.7 Å². The standard InChI is InChI=1S/C15H20F3N3O/c16-15(17,18)12-5-1-2-6-13(12)20-14(22)21-9-3-4-11(10-21)7-8-19/h1-2,5-6,11H,3-4,7-10,19H2,(H,20,22). The molecule has 7 heteroatoms. The number of halogens is 3. The zero-order valence-corrected chi connectivity index (χ0v) is 12.2. The molecule has 2 rings (SSSR count). The molecule has 1 aromatic carbocycles. The third-order valence-electron chi connectivity index (χ3n) is 3.86. The molecule has 4 nitrogen and oxygen atoms in total. The summed E-state index contributed by atoms with van der Waals surface area (Å²) in [5.41, 5.74) is 4.49. The fourth-order valence-corrected chi connectivity index (χ4v) is 2.75. The van der Waals surface area contributed by atoms with Gasteiger partial charge in [0.05, 0.1) is 11.3 Å². The van der Waals surface area contributed by atoms with Crippen LogP contribution in [0.3, 0.4) is 0 Å². The Morgan fingerprint density at radius 1 is 1.36 bits per heavy atom. The van der Waals surface area contributed by atoms with Crippen molar-refractivity contribution in [3.63, 3.8) is 0 Å². The molecule has 1 fully saturated rings. The van der Waals surface area contributed by atoms with E-state index in [2.05, 4.69) is 5.32 Å². The summed E-state index contributed by atoms with van der Waals surface area (Å²) in [5, 5.41) is 2.39. The minimum atomic E-state index is -4.49. The third-order valence-corrected chi connectivity index (χ3v) is 3.86. The van der Waals surface area contributed by atoms with Crippen LogP contribution in [0.5, 0.6) is 0 Å². The van der Waals surface area contributed by atoms with Gasteiger partial charge in [-0.1, -0.05) is 12.1 Å². The molecule has 3 N–H and O–H groups in total.